The number of ether oxygens (including phenoxy) is 2. The summed E-state index contributed by atoms with van der Waals surface area (Å²) >= 11 is 0. The molecule has 0 spiro atoms. The maximum absolute atomic E-state index is 11.4. The molecule has 1 heterocycles. The minimum absolute atomic E-state index is 0.251. The number of esters is 1. The molecule has 19 heavy (non-hydrogen) atoms. The average Bonchev–Trinajstić information content (AvgIpc) is 2.92. The average molecular weight is 267 g/mol. The van der Waals surface area contributed by atoms with Gasteiger partial charge in [-0.3, -0.25) is 4.79 Å². The first-order chi connectivity index (χ1) is 9.13. The van der Waals surface area contributed by atoms with Crippen LogP contribution < -0.4 is 5.32 Å². The highest BCUT2D eigenvalue weighted by Gasteiger charge is 2.15. The maximum atomic E-state index is 11.4. The van der Waals surface area contributed by atoms with E-state index in [1.807, 2.05) is 0 Å². The van der Waals surface area contributed by atoms with Crippen LogP contribution in [-0.2, 0) is 25.6 Å². The van der Waals surface area contributed by atoms with Crippen LogP contribution in [0, 0.1) is 0 Å². The summed E-state index contributed by atoms with van der Waals surface area (Å²) in [5, 5.41) is 2.56. The van der Waals surface area contributed by atoms with Gasteiger partial charge in [0.1, 0.15) is 5.76 Å². The van der Waals surface area contributed by atoms with Crippen molar-refractivity contribution in [3.05, 3.63) is 36.8 Å². The van der Waals surface area contributed by atoms with Gasteiger partial charge in [-0.05, 0) is 19.1 Å². The van der Waals surface area contributed by atoms with Gasteiger partial charge in [-0.2, -0.15) is 0 Å². The Morgan fingerprint density at radius 2 is 2.37 bits per heavy atom. The Labute approximate surface area is 111 Å². The molecular weight excluding hydrogens is 250 g/mol. The Kier molecular flexibility index (Phi) is 6.38. The third-order valence-electron chi connectivity index (χ3n) is 2.18. The van der Waals surface area contributed by atoms with E-state index in [0.717, 1.165) is 0 Å². The van der Waals surface area contributed by atoms with Crippen molar-refractivity contribution in [2.45, 2.75) is 19.6 Å². The summed E-state index contributed by atoms with van der Waals surface area (Å²) in [6, 6.07) is 3.46. The first-order valence-electron chi connectivity index (χ1n) is 5.81. The number of rotatable bonds is 8. The van der Waals surface area contributed by atoms with Crippen molar-refractivity contribution >= 4 is 11.9 Å². The van der Waals surface area contributed by atoms with Gasteiger partial charge < -0.3 is 19.2 Å². The van der Waals surface area contributed by atoms with Crippen LogP contribution in [0.15, 0.2) is 35.5 Å². The van der Waals surface area contributed by atoms with E-state index in [4.69, 9.17) is 13.9 Å². The molecule has 0 saturated heterocycles. The number of hydrogen-bond donors (Lipinski definition) is 1. The summed E-state index contributed by atoms with van der Waals surface area (Å²) in [6.45, 7) is 5.17. The molecule has 0 saturated carbocycles. The van der Waals surface area contributed by atoms with E-state index >= 15 is 0 Å². The number of amides is 1. The molecule has 1 aromatic rings. The molecular formula is C13H17NO5. The van der Waals surface area contributed by atoms with Crippen LogP contribution in [0.25, 0.3) is 0 Å². The SMILES string of the molecule is C=CCOC(C)C(=O)OCC(=O)NCc1ccco1. The van der Waals surface area contributed by atoms with E-state index in [1.54, 1.807) is 19.1 Å². The minimum atomic E-state index is -0.726. The summed E-state index contributed by atoms with van der Waals surface area (Å²) < 4.78 is 14.9. The highest BCUT2D eigenvalue weighted by atomic mass is 16.6. The summed E-state index contributed by atoms with van der Waals surface area (Å²) in [4.78, 5) is 22.8. The molecule has 0 aliphatic rings. The largest absolute Gasteiger partial charge is 0.467 e. The minimum Gasteiger partial charge on any atom is -0.467 e. The fourth-order valence-electron chi connectivity index (χ4n) is 1.18. The van der Waals surface area contributed by atoms with Crippen LogP contribution in [0.2, 0.25) is 0 Å². The zero-order valence-electron chi connectivity index (χ0n) is 10.8. The van der Waals surface area contributed by atoms with Crippen LogP contribution >= 0.6 is 0 Å². The van der Waals surface area contributed by atoms with Crippen LogP contribution in [-0.4, -0.2) is 31.2 Å². The molecule has 1 amide bonds. The van der Waals surface area contributed by atoms with Crippen molar-refractivity contribution in [2.75, 3.05) is 13.2 Å². The van der Waals surface area contributed by atoms with Gasteiger partial charge in [-0.1, -0.05) is 6.08 Å². The predicted octanol–water partition coefficient (Wildman–Crippen LogP) is 1.03. The molecule has 6 nitrogen and oxygen atoms in total. The normalized spacial score (nSPS) is 11.6. The van der Waals surface area contributed by atoms with E-state index in [0.29, 0.717) is 5.76 Å². The smallest absolute Gasteiger partial charge is 0.335 e. The molecule has 1 aromatic heterocycles. The lowest BCUT2D eigenvalue weighted by atomic mass is 10.4. The van der Waals surface area contributed by atoms with Gasteiger partial charge in [-0.15, -0.1) is 6.58 Å². The third kappa shape index (κ3) is 5.87. The second kappa shape index (κ2) is 8.10. The van der Waals surface area contributed by atoms with Crippen LogP contribution in [0.1, 0.15) is 12.7 Å². The number of carbonyl (C=O) groups is 2. The van der Waals surface area contributed by atoms with E-state index in [9.17, 15) is 9.59 Å². The summed E-state index contributed by atoms with van der Waals surface area (Å²) in [7, 11) is 0. The molecule has 1 rings (SSSR count). The molecule has 1 N–H and O–H groups in total. The van der Waals surface area contributed by atoms with Crippen LogP contribution in [0.3, 0.4) is 0 Å². The van der Waals surface area contributed by atoms with Crippen molar-refractivity contribution in [1.29, 1.82) is 0 Å². The molecule has 1 unspecified atom stereocenters. The van der Waals surface area contributed by atoms with Gasteiger partial charge in [0.2, 0.25) is 0 Å². The van der Waals surface area contributed by atoms with Crippen molar-refractivity contribution in [3.63, 3.8) is 0 Å². The zero-order chi connectivity index (χ0) is 14.1. The van der Waals surface area contributed by atoms with E-state index < -0.39 is 18.0 Å². The zero-order valence-corrected chi connectivity index (χ0v) is 10.8. The Morgan fingerprint density at radius 1 is 1.58 bits per heavy atom. The second-order valence-corrected chi connectivity index (χ2v) is 3.73. The summed E-state index contributed by atoms with van der Waals surface area (Å²) in [5.74, 6) is -0.363. The highest BCUT2D eigenvalue weighted by Crippen LogP contribution is 1.99. The van der Waals surface area contributed by atoms with Crippen molar-refractivity contribution in [3.8, 4) is 0 Å². The van der Waals surface area contributed by atoms with Gasteiger partial charge in [0.25, 0.3) is 5.91 Å². The Bertz CT molecular complexity index is 413. The monoisotopic (exact) mass is 267 g/mol. The van der Waals surface area contributed by atoms with Gasteiger partial charge >= 0.3 is 5.97 Å². The number of furan rings is 1. The molecule has 0 bridgehead atoms. The van der Waals surface area contributed by atoms with Gasteiger partial charge in [-0.25, -0.2) is 4.79 Å². The Hall–Kier alpha value is -2.08. The predicted molar refractivity (Wildman–Crippen MR) is 67.1 cm³/mol. The molecule has 6 heteroatoms. The number of nitrogens with one attached hydrogen (secondary N) is 1. The highest BCUT2D eigenvalue weighted by molar-refractivity contribution is 5.81. The molecule has 0 radical (unpaired) electrons. The standard InChI is InChI=1S/C13H17NO5/c1-3-6-17-10(2)13(16)19-9-12(15)14-8-11-5-4-7-18-11/h3-5,7,10H,1,6,8-9H2,2H3,(H,14,15). The fourth-order valence-corrected chi connectivity index (χ4v) is 1.18. The fraction of sp³-hybridized carbons (Fsp3) is 0.385. The first-order valence-corrected chi connectivity index (χ1v) is 5.81. The van der Waals surface area contributed by atoms with E-state index in [1.165, 1.54) is 12.3 Å². The molecule has 0 aliphatic carbocycles. The Balaban J connectivity index is 2.18. The lowest BCUT2D eigenvalue weighted by molar-refractivity contribution is -0.158. The number of carbonyl (C=O) groups excluding carboxylic acids is 2. The molecule has 104 valence electrons. The van der Waals surface area contributed by atoms with Crippen molar-refractivity contribution in [1.82, 2.24) is 5.32 Å². The lowest BCUT2D eigenvalue weighted by Gasteiger charge is -2.11. The molecule has 0 aromatic carbocycles. The van der Waals surface area contributed by atoms with Crippen LogP contribution in [0.4, 0.5) is 0 Å². The van der Waals surface area contributed by atoms with Gasteiger partial charge in [0.15, 0.2) is 12.7 Å². The van der Waals surface area contributed by atoms with Gasteiger partial charge in [0.05, 0.1) is 19.4 Å². The lowest BCUT2D eigenvalue weighted by Crippen LogP contribution is -2.31. The first kappa shape index (κ1) is 15.0. The molecule has 0 aliphatic heterocycles. The van der Waals surface area contributed by atoms with Gasteiger partial charge in [0, 0.05) is 0 Å². The third-order valence-corrected chi connectivity index (χ3v) is 2.18. The quantitative estimate of drug-likeness (QED) is 0.562. The summed E-state index contributed by atoms with van der Waals surface area (Å²) in [5.41, 5.74) is 0. The Morgan fingerprint density at radius 3 is 3.00 bits per heavy atom. The van der Waals surface area contributed by atoms with E-state index in [2.05, 4.69) is 11.9 Å². The van der Waals surface area contributed by atoms with Crippen LogP contribution in [0.5, 0.6) is 0 Å². The van der Waals surface area contributed by atoms with E-state index in [-0.39, 0.29) is 19.8 Å². The molecule has 1 atom stereocenters. The topological polar surface area (TPSA) is 77.8 Å². The van der Waals surface area contributed by atoms with Crippen molar-refractivity contribution in [2.24, 2.45) is 0 Å². The van der Waals surface area contributed by atoms with Crippen molar-refractivity contribution < 1.29 is 23.5 Å². The maximum Gasteiger partial charge on any atom is 0.335 e. The molecule has 0 fully saturated rings. The number of hydrogen-bond acceptors (Lipinski definition) is 5. The summed E-state index contributed by atoms with van der Waals surface area (Å²) in [6.07, 6.45) is 2.32. The second-order valence-electron chi connectivity index (χ2n) is 3.73.